The van der Waals surface area contributed by atoms with Crippen molar-refractivity contribution in [1.82, 2.24) is 0 Å². The Bertz CT molecular complexity index is 428. The highest BCUT2D eigenvalue weighted by molar-refractivity contribution is 5.91. The Hall–Kier alpha value is -1.58. The normalized spacial score (nSPS) is 14.0. The van der Waals surface area contributed by atoms with Crippen LogP contribution >= 0.6 is 0 Å². The molecule has 0 aliphatic heterocycles. The van der Waals surface area contributed by atoms with Crippen molar-refractivity contribution in [3.05, 3.63) is 23.3 Å². The molecule has 0 spiro atoms. The van der Waals surface area contributed by atoms with E-state index in [0.29, 0.717) is 5.57 Å². The minimum atomic E-state index is -0.440. The van der Waals surface area contributed by atoms with E-state index in [1.165, 1.54) is 20.3 Å². The lowest BCUT2D eigenvalue weighted by Gasteiger charge is -2.25. The molecule has 0 aromatic rings. The van der Waals surface area contributed by atoms with Crippen LogP contribution in [0.5, 0.6) is 0 Å². The summed E-state index contributed by atoms with van der Waals surface area (Å²) in [5.41, 5.74) is 0.566. The maximum atomic E-state index is 11.9. The van der Waals surface area contributed by atoms with E-state index < -0.39 is 11.9 Å². The highest BCUT2D eigenvalue weighted by Gasteiger charge is 2.27. The summed E-state index contributed by atoms with van der Waals surface area (Å²) in [6, 6.07) is 0. The second-order valence-electron chi connectivity index (χ2n) is 6.67. The summed E-state index contributed by atoms with van der Waals surface area (Å²) in [4.78, 5) is 23.4. The molecule has 20 heavy (non-hydrogen) atoms. The predicted octanol–water partition coefficient (Wildman–Crippen LogP) is 3.28. The standard InChI is InChI=1S/C16H26O4/c1-15(2,3)11(10-13(17)19-7)9-12(14(18)20-8)16(4,5)6/h9-10H,1-8H3/b11-10-,12-9+. The van der Waals surface area contributed by atoms with Gasteiger partial charge in [0, 0.05) is 11.6 Å². The van der Waals surface area contributed by atoms with Crippen LogP contribution in [0.15, 0.2) is 23.3 Å². The Kier molecular flexibility index (Phi) is 6.20. The molecule has 0 fully saturated rings. The van der Waals surface area contributed by atoms with Crippen molar-refractivity contribution in [2.45, 2.75) is 41.5 Å². The average molecular weight is 282 g/mol. The summed E-state index contributed by atoms with van der Waals surface area (Å²) in [5, 5.41) is 0. The van der Waals surface area contributed by atoms with Gasteiger partial charge >= 0.3 is 11.9 Å². The number of ether oxygens (including phenoxy) is 2. The van der Waals surface area contributed by atoms with Crippen LogP contribution in [0.4, 0.5) is 0 Å². The lowest BCUT2D eigenvalue weighted by atomic mass is 9.80. The molecule has 0 aliphatic rings. The van der Waals surface area contributed by atoms with Gasteiger partial charge in [-0.15, -0.1) is 0 Å². The van der Waals surface area contributed by atoms with Gasteiger partial charge in [0.05, 0.1) is 14.2 Å². The highest BCUT2D eigenvalue weighted by Crippen LogP contribution is 2.33. The molecule has 0 saturated heterocycles. The fraction of sp³-hybridized carbons (Fsp3) is 0.625. The van der Waals surface area contributed by atoms with Gasteiger partial charge in [-0.05, 0) is 22.5 Å². The minimum absolute atomic E-state index is 0.293. The van der Waals surface area contributed by atoms with Gasteiger partial charge < -0.3 is 9.47 Å². The van der Waals surface area contributed by atoms with E-state index in [2.05, 4.69) is 4.74 Å². The van der Waals surface area contributed by atoms with Crippen LogP contribution in [0, 0.1) is 10.8 Å². The zero-order valence-corrected chi connectivity index (χ0v) is 13.8. The average Bonchev–Trinajstić information content (AvgIpc) is 2.29. The number of rotatable bonds is 3. The van der Waals surface area contributed by atoms with Gasteiger partial charge in [-0.2, -0.15) is 0 Å². The van der Waals surface area contributed by atoms with Gasteiger partial charge in [-0.1, -0.05) is 41.5 Å². The van der Waals surface area contributed by atoms with Gasteiger partial charge in [0.25, 0.3) is 0 Å². The maximum absolute atomic E-state index is 11.9. The number of esters is 2. The second kappa shape index (κ2) is 6.73. The van der Waals surface area contributed by atoms with Gasteiger partial charge in [0.2, 0.25) is 0 Å². The largest absolute Gasteiger partial charge is 0.466 e. The molecule has 0 heterocycles. The lowest BCUT2D eigenvalue weighted by molar-refractivity contribution is -0.137. The lowest BCUT2D eigenvalue weighted by Crippen LogP contribution is -2.21. The summed E-state index contributed by atoms with van der Waals surface area (Å²) >= 11 is 0. The van der Waals surface area contributed by atoms with Crippen molar-refractivity contribution in [3.63, 3.8) is 0 Å². The van der Waals surface area contributed by atoms with Crippen LogP contribution in [0.25, 0.3) is 0 Å². The molecule has 0 bridgehead atoms. The predicted molar refractivity (Wildman–Crippen MR) is 79.1 cm³/mol. The van der Waals surface area contributed by atoms with E-state index in [1.807, 2.05) is 41.5 Å². The van der Waals surface area contributed by atoms with Crippen LogP contribution in [0.3, 0.4) is 0 Å². The van der Waals surface area contributed by atoms with E-state index in [9.17, 15) is 9.59 Å². The first kappa shape index (κ1) is 18.4. The van der Waals surface area contributed by atoms with Crippen molar-refractivity contribution in [1.29, 1.82) is 0 Å². The zero-order chi connectivity index (χ0) is 16.1. The van der Waals surface area contributed by atoms with Crippen LogP contribution < -0.4 is 0 Å². The fourth-order valence-corrected chi connectivity index (χ4v) is 1.51. The Morgan fingerprint density at radius 1 is 0.800 bits per heavy atom. The topological polar surface area (TPSA) is 52.6 Å². The molecule has 114 valence electrons. The van der Waals surface area contributed by atoms with E-state index in [0.717, 1.165) is 5.57 Å². The molecular formula is C16H26O4. The summed E-state index contributed by atoms with van der Waals surface area (Å²) < 4.78 is 9.50. The molecule has 0 atom stereocenters. The summed E-state index contributed by atoms with van der Waals surface area (Å²) in [5.74, 6) is -0.832. The van der Waals surface area contributed by atoms with Crippen molar-refractivity contribution in [3.8, 4) is 0 Å². The molecule has 0 aromatic heterocycles. The van der Waals surface area contributed by atoms with Crippen LogP contribution in [-0.2, 0) is 19.1 Å². The SMILES string of the molecule is COC(=O)/C=C(/C=C(\C(=O)OC)C(C)(C)C)C(C)(C)C. The smallest absolute Gasteiger partial charge is 0.334 e. The molecule has 0 aromatic carbocycles. The molecule has 0 amide bonds. The quantitative estimate of drug-likeness (QED) is 0.453. The Morgan fingerprint density at radius 2 is 1.30 bits per heavy atom. The molecule has 0 unspecified atom stereocenters. The third kappa shape index (κ3) is 5.59. The molecule has 4 heteroatoms. The first-order valence-electron chi connectivity index (χ1n) is 6.54. The number of carbonyl (C=O) groups is 2. The maximum Gasteiger partial charge on any atom is 0.334 e. The van der Waals surface area contributed by atoms with Crippen molar-refractivity contribution in [2.75, 3.05) is 14.2 Å². The Balaban J connectivity index is 5.92. The monoisotopic (exact) mass is 282 g/mol. The third-order valence-electron chi connectivity index (χ3n) is 2.85. The molecule has 0 rings (SSSR count). The summed E-state index contributed by atoms with van der Waals surface area (Å²) in [6.07, 6.45) is 3.14. The Morgan fingerprint density at radius 3 is 1.60 bits per heavy atom. The molecule has 0 N–H and O–H groups in total. The molecular weight excluding hydrogens is 256 g/mol. The number of carbonyl (C=O) groups excluding carboxylic acids is 2. The van der Waals surface area contributed by atoms with Crippen molar-refractivity contribution in [2.24, 2.45) is 10.8 Å². The van der Waals surface area contributed by atoms with Crippen molar-refractivity contribution < 1.29 is 19.1 Å². The van der Waals surface area contributed by atoms with Gasteiger partial charge in [-0.3, -0.25) is 0 Å². The van der Waals surface area contributed by atoms with E-state index in [-0.39, 0.29) is 10.8 Å². The van der Waals surface area contributed by atoms with Crippen LogP contribution in [0.1, 0.15) is 41.5 Å². The third-order valence-corrected chi connectivity index (χ3v) is 2.85. The first-order chi connectivity index (χ1) is 8.93. The Labute approximate surface area is 121 Å². The minimum Gasteiger partial charge on any atom is -0.466 e. The van der Waals surface area contributed by atoms with Crippen LogP contribution in [-0.4, -0.2) is 26.2 Å². The molecule has 4 nitrogen and oxygen atoms in total. The first-order valence-corrected chi connectivity index (χ1v) is 6.54. The van der Waals surface area contributed by atoms with E-state index in [4.69, 9.17) is 4.74 Å². The van der Waals surface area contributed by atoms with Crippen molar-refractivity contribution >= 4 is 11.9 Å². The van der Waals surface area contributed by atoms with Gasteiger partial charge in [0.15, 0.2) is 0 Å². The van der Waals surface area contributed by atoms with Gasteiger partial charge in [-0.25, -0.2) is 9.59 Å². The molecule has 0 saturated carbocycles. The number of hydrogen-bond donors (Lipinski definition) is 0. The summed E-state index contributed by atoms with van der Waals surface area (Å²) in [7, 11) is 2.68. The fourth-order valence-electron chi connectivity index (χ4n) is 1.51. The van der Waals surface area contributed by atoms with E-state index in [1.54, 1.807) is 6.08 Å². The highest BCUT2D eigenvalue weighted by atomic mass is 16.5. The second-order valence-corrected chi connectivity index (χ2v) is 6.67. The number of allylic oxidation sites excluding steroid dienone is 2. The zero-order valence-electron chi connectivity index (χ0n) is 13.8. The molecule has 0 radical (unpaired) electrons. The number of hydrogen-bond acceptors (Lipinski definition) is 4. The van der Waals surface area contributed by atoms with Crippen LogP contribution in [0.2, 0.25) is 0 Å². The van der Waals surface area contributed by atoms with Gasteiger partial charge in [0.1, 0.15) is 0 Å². The number of methoxy groups -OCH3 is 2. The van der Waals surface area contributed by atoms with E-state index >= 15 is 0 Å². The summed E-state index contributed by atoms with van der Waals surface area (Å²) in [6.45, 7) is 11.7. The molecule has 0 aliphatic carbocycles.